The van der Waals surface area contributed by atoms with Crippen molar-refractivity contribution in [3.63, 3.8) is 0 Å². The van der Waals surface area contributed by atoms with Crippen LogP contribution in [0.3, 0.4) is 0 Å². The Bertz CT molecular complexity index is 1120. The largest absolute Gasteiger partial charge is 0.366 e. The maximum Gasteiger partial charge on any atom is 0.147 e. The van der Waals surface area contributed by atoms with E-state index in [1.165, 1.54) is 16.8 Å². The molecule has 0 spiro atoms. The number of rotatable bonds is 2. The molecule has 1 saturated heterocycles. The summed E-state index contributed by atoms with van der Waals surface area (Å²) in [5, 5.41) is 2.34. The van der Waals surface area contributed by atoms with Gasteiger partial charge in [-0.15, -0.1) is 0 Å². The highest BCUT2D eigenvalue weighted by Crippen LogP contribution is 2.24. The minimum absolute atomic E-state index is 0.164. The lowest BCUT2D eigenvalue weighted by atomic mass is 10.1. The van der Waals surface area contributed by atoms with Crippen molar-refractivity contribution in [3.05, 3.63) is 72.7 Å². The molecule has 0 N–H and O–H groups in total. The van der Waals surface area contributed by atoms with Gasteiger partial charge < -0.3 is 9.80 Å². The van der Waals surface area contributed by atoms with Gasteiger partial charge in [-0.2, -0.15) is 0 Å². The standard InChI is InChI=1S/C22H19FN4/c23-18-7-3-4-8-21(18)26-9-11-27(12-10-26)22-15-24-19-13-16-5-1-2-6-17(16)14-20(19)25-22/h1-8,13-15H,9-12H2. The molecule has 1 aromatic heterocycles. The van der Waals surface area contributed by atoms with Gasteiger partial charge in [0.15, 0.2) is 0 Å². The van der Waals surface area contributed by atoms with Crippen LogP contribution in [0.25, 0.3) is 21.8 Å². The summed E-state index contributed by atoms with van der Waals surface area (Å²) in [4.78, 5) is 13.8. The Kier molecular flexibility index (Phi) is 3.85. The summed E-state index contributed by atoms with van der Waals surface area (Å²) in [5.41, 5.74) is 2.48. The minimum Gasteiger partial charge on any atom is -0.366 e. The summed E-state index contributed by atoms with van der Waals surface area (Å²) in [6, 6.07) is 19.4. The molecule has 27 heavy (non-hydrogen) atoms. The number of piperazine rings is 1. The zero-order valence-corrected chi connectivity index (χ0v) is 14.8. The summed E-state index contributed by atoms with van der Waals surface area (Å²) in [7, 11) is 0. The van der Waals surface area contributed by atoms with E-state index in [9.17, 15) is 4.39 Å². The van der Waals surface area contributed by atoms with Gasteiger partial charge in [-0.05, 0) is 35.0 Å². The fraction of sp³-hybridized carbons (Fsp3) is 0.182. The molecule has 1 fully saturated rings. The normalized spacial score (nSPS) is 14.9. The van der Waals surface area contributed by atoms with Crippen molar-refractivity contribution in [2.24, 2.45) is 0 Å². The number of nitrogens with zero attached hydrogens (tertiary/aromatic N) is 4. The molecule has 0 radical (unpaired) electrons. The van der Waals surface area contributed by atoms with E-state index >= 15 is 0 Å². The Hall–Kier alpha value is -3.21. The number of aromatic nitrogens is 2. The van der Waals surface area contributed by atoms with Crippen LogP contribution in [0.1, 0.15) is 0 Å². The Balaban J connectivity index is 1.40. The van der Waals surface area contributed by atoms with E-state index in [4.69, 9.17) is 4.98 Å². The maximum atomic E-state index is 14.0. The predicted molar refractivity (Wildman–Crippen MR) is 108 cm³/mol. The molecule has 3 aromatic carbocycles. The zero-order valence-electron chi connectivity index (χ0n) is 14.8. The van der Waals surface area contributed by atoms with Crippen LogP contribution in [-0.4, -0.2) is 36.1 Å². The van der Waals surface area contributed by atoms with Crippen LogP contribution >= 0.6 is 0 Å². The highest BCUT2D eigenvalue weighted by molar-refractivity contribution is 5.95. The van der Waals surface area contributed by atoms with Crippen molar-refractivity contribution in [3.8, 4) is 0 Å². The molecule has 0 unspecified atom stereocenters. The molecule has 5 rings (SSSR count). The second-order valence-corrected chi connectivity index (χ2v) is 6.84. The summed E-state index contributed by atoms with van der Waals surface area (Å²) in [5.74, 6) is 0.717. The quantitative estimate of drug-likeness (QED) is 0.502. The number of hydrogen-bond acceptors (Lipinski definition) is 4. The number of anilines is 2. The highest BCUT2D eigenvalue weighted by atomic mass is 19.1. The van der Waals surface area contributed by atoms with Gasteiger partial charge in [-0.3, -0.25) is 4.98 Å². The first-order chi connectivity index (χ1) is 13.3. The maximum absolute atomic E-state index is 14.0. The summed E-state index contributed by atoms with van der Waals surface area (Å²) in [6.07, 6.45) is 1.84. The number of hydrogen-bond donors (Lipinski definition) is 0. The predicted octanol–water partition coefficient (Wildman–Crippen LogP) is 4.25. The van der Waals surface area contributed by atoms with Gasteiger partial charge in [0.25, 0.3) is 0 Å². The molecule has 1 aliphatic heterocycles. The van der Waals surface area contributed by atoms with Gasteiger partial charge in [0.1, 0.15) is 11.6 Å². The van der Waals surface area contributed by atoms with Crippen molar-refractivity contribution >= 4 is 33.3 Å². The molecule has 0 atom stereocenters. The van der Waals surface area contributed by atoms with Gasteiger partial charge in [-0.25, -0.2) is 9.37 Å². The minimum atomic E-state index is -0.164. The molecule has 0 aliphatic carbocycles. The van der Waals surface area contributed by atoms with E-state index in [1.54, 1.807) is 6.07 Å². The van der Waals surface area contributed by atoms with Crippen molar-refractivity contribution in [1.82, 2.24) is 9.97 Å². The van der Waals surface area contributed by atoms with Gasteiger partial charge in [0.2, 0.25) is 0 Å². The molecule has 4 nitrogen and oxygen atoms in total. The SMILES string of the molecule is Fc1ccccc1N1CCN(c2cnc3cc4ccccc4cc3n2)CC1. The fourth-order valence-corrected chi connectivity index (χ4v) is 3.73. The van der Waals surface area contributed by atoms with Crippen LogP contribution in [0.4, 0.5) is 15.9 Å². The monoisotopic (exact) mass is 358 g/mol. The first kappa shape index (κ1) is 16.0. The lowest BCUT2D eigenvalue weighted by molar-refractivity contribution is 0.596. The topological polar surface area (TPSA) is 32.3 Å². The molecule has 0 amide bonds. The van der Waals surface area contributed by atoms with Crippen LogP contribution in [0.2, 0.25) is 0 Å². The Labute approximate surface area is 156 Å². The molecular formula is C22H19FN4. The van der Waals surface area contributed by atoms with Crippen LogP contribution in [0.5, 0.6) is 0 Å². The average Bonchev–Trinajstić information content (AvgIpc) is 2.72. The third-order valence-electron chi connectivity index (χ3n) is 5.19. The van der Waals surface area contributed by atoms with Crippen molar-refractivity contribution in [2.45, 2.75) is 0 Å². The van der Waals surface area contributed by atoms with E-state index in [2.05, 4.69) is 39.0 Å². The Morgan fingerprint density at radius 3 is 2.11 bits per heavy atom. The van der Waals surface area contributed by atoms with E-state index in [1.807, 2.05) is 30.5 Å². The number of fused-ring (bicyclic) bond motifs is 2. The average molecular weight is 358 g/mol. The number of halogens is 1. The smallest absolute Gasteiger partial charge is 0.147 e. The van der Waals surface area contributed by atoms with Gasteiger partial charge in [0.05, 0.1) is 22.9 Å². The molecule has 4 aromatic rings. The number of benzene rings is 3. The number of para-hydroxylation sites is 1. The van der Waals surface area contributed by atoms with Gasteiger partial charge in [-0.1, -0.05) is 36.4 Å². The van der Waals surface area contributed by atoms with Gasteiger partial charge in [0, 0.05) is 26.2 Å². The highest BCUT2D eigenvalue weighted by Gasteiger charge is 2.20. The summed E-state index contributed by atoms with van der Waals surface area (Å²) >= 11 is 0. The molecule has 1 aliphatic rings. The molecule has 5 heteroatoms. The van der Waals surface area contributed by atoms with Gasteiger partial charge >= 0.3 is 0 Å². The lowest BCUT2D eigenvalue weighted by Gasteiger charge is -2.36. The van der Waals surface area contributed by atoms with E-state index in [0.29, 0.717) is 5.69 Å². The third kappa shape index (κ3) is 2.95. The second kappa shape index (κ2) is 6.50. The summed E-state index contributed by atoms with van der Waals surface area (Å²) < 4.78 is 14.0. The van der Waals surface area contributed by atoms with E-state index < -0.39 is 0 Å². The first-order valence-electron chi connectivity index (χ1n) is 9.18. The second-order valence-electron chi connectivity index (χ2n) is 6.84. The van der Waals surface area contributed by atoms with Crippen molar-refractivity contribution in [1.29, 1.82) is 0 Å². The first-order valence-corrected chi connectivity index (χ1v) is 9.18. The Morgan fingerprint density at radius 2 is 1.37 bits per heavy atom. The van der Waals surface area contributed by atoms with E-state index in [0.717, 1.165) is 43.0 Å². The molecule has 2 heterocycles. The molecular weight excluding hydrogens is 339 g/mol. The zero-order chi connectivity index (χ0) is 18.2. The Morgan fingerprint density at radius 1 is 0.741 bits per heavy atom. The summed E-state index contributed by atoms with van der Waals surface area (Å²) in [6.45, 7) is 3.11. The van der Waals surface area contributed by atoms with Crippen LogP contribution in [-0.2, 0) is 0 Å². The molecule has 0 bridgehead atoms. The molecule has 134 valence electrons. The van der Waals surface area contributed by atoms with Crippen LogP contribution < -0.4 is 9.80 Å². The van der Waals surface area contributed by atoms with Crippen LogP contribution in [0, 0.1) is 5.82 Å². The fourth-order valence-electron chi connectivity index (χ4n) is 3.73. The third-order valence-corrected chi connectivity index (χ3v) is 5.19. The van der Waals surface area contributed by atoms with Crippen molar-refractivity contribution < 1.29 is 4.39 Å². The lowest BCUT2D eigenvalue weighted by Crippen LogP contribution is -2.47. The van der Waals surface area contributed by atoms with E-state index in [-0.39, 0.29) is 5.82 Å². The van der Waals surface area contributed by atoms with Crippen molar-refractivity contribution in [2.75, 3.05) is 36.0 Å². The van der Waals surface area contributed by atoms with Crippen LogP contribution in [0.15, 0.2) is 66.9 Å². The molecule has 0 saturated carbocycles.